The van der Waals surface area contributed by atoms with Gasteiger partial charge in [0, 0.05) is 89.4 Å². The van der Waals surface area contributed by atoms with Crippen LogP contribution in [0.25, 0.3) is 0 Å². The summed E-state index contributed by atoms with van der Waals surface area (Å²) in [6.07, 6.45) is 42.3. The molecule has 1 aromatic rings. The lowest BCUT2D eigenvalue weighted by atomic mass is 10.0. The van der Waals surface area contributed by atoms with Crippen LogP contribution in [0.15, 0.2) is 54.6 Å². The van der Waals surface area contributed by atoms with Gasteiger partial charge in [-0.2, -0.15) is 37.0 Å². The number of nitrogens with zero attached hydrogens (tertiary/aromatic N) is 1. The van der Waals surface area contributed by atoms with Crippen molar-refractivity contribution in [1.29, 1.82) is 5.41 Å². The number of thiol groups is 2. The summed E-state index contributed by atoms with van der Waals surface area (Å²) in [5.41, 5.74) is 5.91. The zero-order valence-corrected chi connectivity index (χ0v) is 92.4. The first kappa shape index (κ1) is 139. The van der Waals surface area contributed by atoms with Crippen LogP contribution in [0.3, 0.4) is 0 Å². The topological polar surface area (TPSA) is 601 Å². The summed E-state index contributed by atoms with van der Waals surface area (Å²) in [5.74, 6) is -12.5. The van der Waals surface area contributed by atoms with E-state index in [0.29, 0.717) is 144 Å². The molecule has 150 heavy (non-hydrogen) atoms. The van der Waals surface area contributed by atoms with Crippen LogP contribution in [0.2, 0.25) is 0 Å². The number of unbranched alkanes of at least 4 members (excludes halogenated alkanes) is 22. The lowest BCUT2D eigenvalue weighted by molar-refractivity contribution is -0.142. The Hall–Kier alpha value is -9.33. The fraction of sp³-hybridized carbons (Fsp3) is 0.750. The number of amides is 13. The Bertz CT molecular complexity index is 3840. The summed E-state index contributed by atoms with van der Waals surface area (Å²) in [7, 11) is 0. The van der Waals surface area contributed by atoms with Crippen molar-refractivity contribution in [1.82, 2.24) is 79.3 Å². The molecule has 858 valence electrons. The maximum absolute atomic E-state index is 14.2. The largest absolute Gasteiger partial charge is 0.481 e. The Morgan fingerprint density at radius 3 is 1.09 bits per heavy atom. The molecule has 46 heteroatoms. The van der Waals surface area contributed by atoms with Crippen molar-refractivity contribution < 1.29 is 125 Å². The molecule has 0 aliphatic rings. The number of thioether (sulfide) groups is 1. The summed E-state index contributed by atoms with van der Waals surface area (Å²) >= 11 is 9.55. The number of nitrogens with one attached hydrogen (secondary N) is 15. The summed E-state index contributed by atoms with van der Waals surface area (Å²) < 4.78 is 50.2. The van der Waals surface area contributed by atoms with E-state index in [-0.39, 0.29) is 119 Å². The number of carbonyl (C=O) groups is 15. The third-order valence-corrected chi connectivity index (χ3v) is 24.7. The molecule has 0 aliphatic heterocycles. The standard InChI is InChI=1S/C104H183N17O26S3/c1-6-8-10-12-14-16-18-20-22-24-26-28-30-32-37-43-89(122)107-49-52-121(53-50-108-90(123)44-38-33-31-29-27-25-23-21-19-17-15-13-11-9-7-2)54-51-109-91(124)45-55-139-57-59-141-61-63-143-65-67-145-69-71-147-72-70-146-68-66-144-64-62-142-60-58-140-56-46-92(125)113-80(3)96(130)119-87(78-148)98(132)112-77-94(127)116-85(74-82-40-35-34-36-41-82)101(135)117-84(47-73-150-5)100(134)118-86(75-95(128)129)97(131)111-76-93(126)115-83(42-39-48-110-104(105)106)99(133)120-88(79-149)102(136)114-81(4)103(137)138/h20-23,34-36,40-41,80-81,83-88,148-149H,6-19,24-33,37-39,42-79H2,1-5H3,(H,107,122)(H,108,123)(H,109,124)(H,111,131)(H,112,132)(H,113,125)(H,114,136)(H,115,126)(H,116,127)(H,117,135)(H,118,134)(H,119,130)(H,120,133)(H,128,129)(H,137,138)(H4,105,106,110)/b22-20-,23-21-. The van der Waals surface area contributed by atoms with Crippen molar-refractivity contribution in [2.45, 2.75) is 301 Å². The SMILES string of the molecule is CCCCCCCC/C=C\CCCCCCCC(=O)NCCN(CCNC(=O)CCCCCCC/C=C\CCCCCCCC)CCNC(=O)CCOCCOCCOCCOCCOCCOCCOCCOCCOCCC(=O)NC(C)C(=O)NC(CS)C(=O)NCC(=O)NC(Cc1ccccc1)C(=O)NC(CCSC)C(=O)NC(CC(=O)O)C(=O)NCC(=O)NC(CCCNC(=N)N)C(=O)NC(CS)C(=O)NC(C)C(=O)O. The molecule has 43 nitrogen and oxygen atoms in total. The van der Waals surface area contributed by atoms with Gasteiger partial charge in [-0.3, -0.25) is 82.2 Å². The van der Waals surface area contributed by atoms with Gasteiger partial charge in [0.15, 0.2) is 5.96 Å². The number of hydrogen-bond acceptors (Lipinski definition) is 29. The number of carboxylic acid groups (broad SMARTS) is 2. The Morgan fingerprint density at radius 2 is 0.693 bits per heavy atom. The van der Waals surface area contributed by atoms with Crippen LogP contribution < -0.4 is 80.2 Å². The molecule has 0 saturated heterocycles. The van der Waals surface area contributed by atoms with Crippen LogP contribution in [0.1, 0.15) is 252 Å². The highest BCUT2D eigenvalue weighted by atomic mass is 32.2. The van der Waals surface area contributed by atoms with Gasteiger partial charge in [0.1, 0.15) is 48.3 Å². The number of ether oxygens (including phenoxy) is 9. The van der Waals surface area contributed by atoms with Gasteiger partial charge in [0.25, 0.3) is 0 Å². The highest BCUT2D eigenvalue weighted by Crippen LogP contribution is 2.15. The minimum absolute atomic E-state index is 0.00403. The van der Waals surface area contributed by atoms with E-state index in [1.54, 1.807) is 36.6 Å². The van der Waals surface area contributed by atoms with E-state index in [1.165, 1.54) is 141 Å². The van der Waals surface area contributed by atoms with E-state index in [1.807, 2.05) is 0 Å². The number of benzene rings is 1. The number of aliphatic carboxylic acids is 2. The van der Waals surface area contributed by atoms with Crippen LogP contribution in [0, 0.1) is 5.41 Å². The van der Waals surface area contributed by atoms with Crippen molar-refractivity contribution in [3.63, 3.8) is 0 Å². The summed E-state index contributed by atoms with van der Waals surface area (Å²) in [5, 5.41) is 62.2. The number of guanidine groups is 1. The maximum Gasteiger partial charge on any atom is 0.325 e. The summed E-state index contributed by atoms with van der Waals surface area (Å²) in [6, 6.07) is -2.88. The first-order valence-corrected chi connectivity index (χ1v) is 56.5. The predicted octanol–water partition coefficient (Wildman–Crippen LogP) is 5.47. The Labute approximate surface area is 904 Å². The van der Waals surface area contributed by atoms with E-state index in [4.69, 9.17) is 53.8 Å². The second kappa shape index (κ2) is 96.7. The molecule has 8 atom stereocenters. The van der Waals surface area contributed by atoms with Gasteiger partial charge in [-0.25, -0.2) is 0 Å². The third-order valence-electron chi connectivity index (χ3n) is 23.3. The van der Waals surface area contributed by atoms with Crippen LogP contribution in [-0.4, -0.2) is 359 Å². The van der Waals surface area contributed by atoms with Gasteiger partial charge in [0.2, 0.25) is 76.8 Å². The van der Waals surface area contributed by atoms with Crippen LogP contribution in [0.5, 0.6) is 0 Å². The van der Waals surface area contributed by atoms with Crippen molar-refractivity contribution in [2.75, 3.05) is 201 Å². The summed E-state index contributed by atoms with van der Waals surface area (Å²) in [4.78, 5) is 198. The molecular weight excluding hydrogens is 2000 g/mol. The monoisotopic (exact) mass is 2180 g/mol. The molecule has 0 aromatic heterocycles. The van der Waals surface area contributed by atoms with Crippen LogP contribution >= 0.6 is 37.0 Å². The molecule has 0 aliphatic carbocycles. The molecule has 0 saturated carbocycles. The molecule has 0 heterocycles. The first-order valence-electron chi connectivity index (χ1n) is 53.8. The van der Waals surface area contributed by atoms with Crippen molar-refractivity contribution in [3.8, 4) is 0 Å². The Morgan fingerprint density at radius 1 is 0.353 bits per heavy atom. The van der Waals surface area contributed by atoms with Gasteiger partial charge in [0.05, 0.1) is 138 Å². The number of carbonyl (C=O) groups excluding carboxylic acids is 13. The lowest BCUT2D eigenvalue weighted by Crippen LogP contribution is -2.59. The molecule has 13 amide bonds. The molecule has 8 unspecified atom stereocenters. The number of carboxylic acids is 2. The third kappa shape index (κ3) is 81.4. The van der Waals surface area contributed by atoms with E-state index >= 15 is 0 Å². The molecule has 0 spiro atoms. The number of allylic oxidation sites excluding steroid dienone is 4. The van der Waals surface area contributed by atoms with Gasteiger partial charge >= 0.3 is 11.9 Å². The molecule has 1 aromatic carbocycles. The predicted molar refractivity (Wildman–Crippen MR) is 584 cm³/mol. The average molecular weight is 2180 g/mol. The van der Waals surface area contributed by atoms with E-state index in [9.17, 15) is 82.1 Å². The highest BCUT2D eigenvalue weighted by Gasteiger charge is 2.34. The first-order chi connectivity index (χ1) is 72.6. The van der Waals surface area contributed by atoms with E-state index in [0.717, 1.165) is 51.4 Å². The molecule has 0 fully saturated rings. The van der Waals surface area contributed by atoms with Crippen LogP contribution in [0.4, 0.5) is 0 Å². The smallest absolute Gasteiger partial charge is 0.325 e. The zero-order valence-electron chi connectivity index (χ0n) is 89.8. The van der Waals surface area contributed by atoms with Crippen molar-refractivity contribution >= 4 is 132 Å². The fourth-order valence-electron chi connectivity index (χ4n) is 14.6. The van der Waals surface area contributed by atoms with Gasteiger partial charge in [-0.05, 0) is 115 Å². The molecular formula is C104H183N17O26S3. The quantitative estimate of drug-likeness (QED) is 0.0126. The Balaban J connectivity index is 2.38. The maximum atomic E-state index is 14.2. The molecule has 0 radical (unpaired) electrons. The van der Waals surface area contributed by atoms with Gasteiger partial charge in [-0.1, -0.05) is 171 Å². The number of rotatable bonds is 102. The Kier molecular flexibility index (Phi) is 89.4. The normalized spacial score (nSPS) is 12.9. The van der Waals surface area contributed by atoms with Crippen molar-refractivity contribution in [3.05, 3.63) is 60.2 Å². The minimum atomic E-state index is -1.85. The van der Waals surface area contributed by atoms with Crippen molar-refractivity contribution in [2.24, 2.45) is 5.73 Å². The fourth-order valence-corrected chi connectivity index (χ4v) is 15.6. The average Bonchev–Trinajstić information content (AvgIpc) is 0.858. The minimum Gasteiger partial charge on any atom is -0.481 e. The lowest BCUT2D eigenvalue weighted by Gasteiger charge is -2.25. The second-order valence-electron chi connectivity index (χ2n) is 36.3. The van der Waals surface area contributed by atoms with Crippen LogP contribution in [-0.2, 0) is 121 Å². The highest BCUT2D eigenvalue weighted by molar-refractivity contribution is 7.98. The number of hydrogen-bond donors (Lipinski definition) is 20. The second-order valence-corrected chi connectivity index (χ2v) is 38.0. The molecule has 0 bridgehead atoms. The molecule has 1 rings (SSSR count). The van der Waals surface area contributed by atoms with E-state index in [2.05, 4.69) is 143 Å². The zero-order chi connectivity index (χ0) is 110. The van der Waals surface area contributed by atoms with Gasteiger partial charge < -0.3 is 133 Å². The number of nitrogens with two attached hydrogens (primary N) is 1. The summed E-state index contributed by atoms with van der Waals surface area (Å²) in [6.45, 7) is 14.4. The molecule has 19 N–H and O–H groups in total. The van der Waals surface area contributed by atoms with Gasteiger partial charge in [-0.15, -0.1) is 0 Å². The van der Waals surface area contributed by atoms with E-state index < -0.39 is 139 Å².